The highest BCUT2D eigenvalue weighted by molar-refractivity contribution is 6.74. The number of aliphatic hydroxyl groups excluding tert-OH is 1. The van der Waals surface area contributed by atoms with Crippen LogP contribution in [0.4, 0.5) is 0 Å². The van der Waals surface area contributed by atoms with Crippen LogP contribution >= 0.6 is 0 Å². The molecule has 0 heterocycles. The van der Waals surface area contributed by atoms with Gasteiger partial charge in [-0.1, -0.05) is 67.5 Å². The summed E-state index contributed by atoms with van der Waals surface area (Å²) < 4.78 is 13.4. The van der Waals surface area contributed by atoms with E-state index in [1.165, 1.54) is 6.42 Å². The maximum absolute atomic E-state index is 10.9. The van der Waals surface area contributed by atoms with Crippen LogP contribution in [0.1, 0.15) is 68.2 Å². The minimum Gasteiger partial charge on any atom is -0.417 e. The lowest BCUT2D eigenvalue weighted by atomic mass is 9.64. The molecule has 0 bridgehead atoms. The fourth-order valence-electron chi connectivity index (χ4n) is 4.91. The Morgan fingerprint density at radius 3 is 2.03 bits per heavy atom. The average molecular weight is 455 g/mol. The molecule has 2 aliphatic carbocycles. The fraction of sp³-hybridized carbons (Fsp3) is 0.920. The highest BCUT2D eigenvalue weighted by Crippen LogP contribution is 2.57. The molecule has 0 saturated heterocycles. The third-order valence-electron chi connectivity index (χ3n) is 9.21. The summed E-state index contributed by atoms with van der Waals surface area (Å²) in [6, 6.07) is 0. The van der Waals surface area contributed by atoms with Gasteiger partial charge in [0.15, 0.2) is 16.6 Å². The van der Waals surface area contributed by atoms with Crippen molar-refractivity contribution in [3.05, 3.63) is 12.2 Å². The van der Waals surface area contributed by atoms with Crippen molar-refractivity contribution in [1.82, 2.24) is 0 Å². The molecule has 0 unspecified atom stereocenters. The molecule has 0 aromatic heterocycles. The molecule has 0 radical (unpaired) electrons. The van der Waals surface area contributed by atoms with Crippen molar-refractivity contribution in [3.8, 4) is 0 Å². The van der Waals surface area contributed by atoms with E-state index in [4.69, 9.17) is 8.85 Å². The Morgan fingerprint density at radius 1 is 1.00 bits per heavy atom. The van der Waals surface area contributed by atoms with Crippen molar-refractivity contribution in [2.45, 2.75) is 117 Å². The first kappa shape index (κ1) is 26.3. The molecule has 1 N–H and O–H groups in total. The van der Waals surface area contributed by atoms with Crippen molar-refractivity contribution < 1.29 is 14.0 Å². The minimum absolute atomic E-state index is 0.0719. The van der Waals surface area contributed by atoms with Gasteiger partial charge in [-0.3, -0.25) is 0 Å². The molecule has 30 heavy (non-hydrogen) atoms. The van der Waals surface area contributed by atoms with Crippen LogP contribution < -0.4 is 0 Å². The van der Waals surface area contributed by atoms with Gasteiger partial charge >= 0.3 is 0 Å². The molecular weight excluding hydrogens is 404 g/mol. The SMILES string of the molecule is C[C@H](CO[Si](C)(C)C(C)(C)C)[C@H]1CC[C@H]2[C@@H](O[Si](C)(C)C(C)(C)C)[C@H](O)C=C[C@]12C. The molecular formula is C25H50O3Si2. The number of fused-ring (bicyclic) bond motifs is 1. The number of rotatable bonds is 6. The molecule has 0 aliphatic heterocycles. The highest BCUT2D eigenvalue weighted by atomic mass is 28.4. The van der Waals surface area contributed by atoms with Gasteiger partial charge in [0.05, 0.1) is 12.2 Å². The summed E-state index contributed by atoms with van der Waals surface area (Å²) in [4.78, 5) is 0. The third kappa shape index (κ3) is 5.00. The second-order valence-corrected chi connectivity index (χ2v) is 23.0. The van der Waals surface area contributed by atoms with Crippen LogP contribution in [0.2, 0.25) is 36.3 Å². The molecule has 2 aliphatic rings. The van der Waals surface area contributed by atoms with E-state index in [1.54, 1.807) is 0 Å². The lowest BCUT2D eigenvalue weighted by Crippen LogP contribution is -2.53. The number of hydrogen-bond donors (Lipinski definition) is 1. The first-order valence-electron chi connectivity index (χ1n) is 12.0. The Morgan fingerprint density at radius 2 is 1.53 bits per heavy atom. The third-order valence-corrected chi connectivity index (χ3v) is 18.2. The second-order valence-electron chi connectivity index (χ2n) is 13.4. The predicted molar refractivity (Wildman–Crippen MR) is 134 cm³/mol. The predicted octanol–water partition coefficient (Wildman–Crippen LogP) is 7.00. The van der Waals surface area contributed by atoms with Crippen molar-refractivity contribution >= 4 is 16.6 Å². The number of hydrogen-bond acceptors (Lipinski definition) is 3. The molecule has 2 rings (SSSR count). The normalized spacial score (nSPS) is 34.2. The summed E-state index contributed by atoms with van der Waals surface area (Å²) in [6.07, 6.45) is 6.08. The summed E-state index contributed by atoms with van der Waals surface area (Å²) >= 11 is 0. The number of allylic oxidation sites excluding steroid dienone is 1. The fourth-order valence-corrected chi connectivity index (χ4v) is 7.36. The maximum Gasteiger partial charge on any atom is 0.192 e. The van der Waals surface area contributed by atoms with E-state index >= 15 is 0 Å². The zero-order chi connectivity index (χ0) is 23.3. The Bertz CT molecular complexity index is 629. The zero-order valence-electron chi connectivity index (χ0n) is 21.9. The van der Waals surface area contributed by atoms with Crippen molar-refractivity contribution in [3.63, 3.8) is 0 Å². The summed E-state index contributed by atoms with van der Waals surface area (Å²) in [7, 11) is -3.69. The molecule has 1 saturated carbocycles. The molecule has 0 spiro atoms. The number of aliphatic hydroxyl groups is 1. The molecule has 0 amide bonds. The monoisotopic (exact) mass is 454 g/mol. The average Bonchev–Trinajstić information content (AvgIpc) is 2.91. The van der Waals surface area contributed by atoms with Crippen LogP contribution in [0.25, 0.3) is 0 Å². The summed E-state index contributed by atoms with van der Waals surface area (Å²) in [5.74, 6) is 1.45. The van der Waals surface area contributed by atoms with Gasteiger partial charge in [0.1, 0.15) is 0 Å². The van der Waals surface area contributed by atoms with Gasteiger partial charge in [-0.25, -0.2) is 0 Å². The van der Waals surface area contributed by atoms with E-state index in [1.807, 2.05) is 6.08 Å². The van der Waals surface area contributed by atoms with E-state index in [9.17, 15) is 5.11 Å². The van der Waals surface area contributed by atoms with Crippen molar-refractivity contribution in [2.75, 3.05) is 6.61 Å². The lowest BCUT2D eigenvalue weighted by Gasteiger charge is -2.49. The standard InChI is InChI=1S/C25H50O3Si2/c1-18(17-27-29(9,10)23(2,3)4)19-13-14-20-22(21(26)15-16-25(19,20)8)28-30(11,12)24(5,6)7/h15-16,18-22,26H,13-14,17H2,1-12H3/t18-,19-,20+,21-,22-,25-/m1/s1. The molecule has 0 aromatic rings. The first-order valence-corrected chi connectivity index (χ1v) is 17.8. The molecule has 1 fully saturated rings. The van der Waals surface area contributed by atoms with Gasteiger partial charge in [0, 0.05) is 6.61 Å². The van der Waals surface area contributed by atoms with Crippen LogP contribution in [-0.4, -0.2) is 40.6 Å². The largest absolute Gasteiger partial charge is 0.417 e. The van der Waals surface area contributed by atoms with Crippen LogP contribution in [0, 0.1) is 23.2 Å². The highest BCUT2D eigenvalue weighted by Gasteiger charge is 2.55. The smallest absolute Gasteiger partial charge is 0.192 e. The maximum atomic E-state index is 10.9. The van der Waals surface area contributed by atoms with E-state index < -0.39 is 22.7 Å². The van der Waals surface area contributed by atoms with Gasteiger partial charge in [-0.05, 0) is 72.3 Å². The Labute approximate surface area is 189 Å². The van der Waals surface area contributed by atoms with E-state index in [0.29, 0.717) is 17.8 Å². The van der Waals surface area contributed by atoms with Crippen LogP contribution in [0.15, 0.2) is 12.2 Å². The lowest BCUT2D eigenvalue weighted by molar-refractivity contribution is -0.0307. The first-order chi connectivity index (χ1) is 13.3. The van der Waals surface area contributed by atoms with Gasteiger partial charge in [-0.2, -0.15) is 0 Å². The van der Waals surface area contributed by atoms with Crippen molar-refractivity contribution in [2.24, 2.45) is 23.2 Å². The second kappa shape index (κ2) is 8.44. The molecule has 3 nitrogen and oxygen atoms in total. The minimum atomic E-state index is -1.95. The van der Waals surface area contributed by atoms with Gasteiger partial charge in [-0.15, -0.1) is 0 Å². The Hall–Kier alpha value is 0.0538. The zero-order valence-corrected chi connectivity index (χ0v) is 23.9. The van der Waals surface area contributed by atoms with Gasteiger partial charge in [0.2, 0.25) is 0 Å². The van der Waals surface area contributed by atoms with E-state index in [2.05, 4.69) is 87.7 Å². The van der Waals surface area contributed by atoms with E-state index in [-0.39, 0.29) is 21.6 Å². The molecule has 5 heteroatoms. The van der Waals surface area contributed by atoms with Crippen molar-refractivity contribution in [1.29, 1.82) is 0 Å². The van der Waals surface area contributed by atoms with Gasteiger partial charge < -0.3 is 14.0 Å². The molecule has 6 atom stereocenters. The summed E-state index contributed by atoms with van der Waals surface area (Å²) in [5.41, 5.74) is 0.0719. The Kier molecular flexibility index (Phi) is 7.40. The molecule has 0 aromatic carbocycles. The van der Waals surface area contributed by atoms with E-state index in [0.717, 1.165) is 13.0 Å². The summed E-state index contributed by atoms with van der Waals surface area (Å²) in [6.45, 7) is 28.7. The Balaban J connectivity index is 2.18. The van der Waals surface area contributed by atoms with Gasteiger partial charge in [0.25, 0.3) is 0 Å². The summed E-state index contributed by atoms with van der Waals surface area (Å²) in [5, 5.41) is 11.3. The van der Waals surface area contributed by atoms with Crippen LogP contribution in [-0.2, 0) is 8.85 Å². The quantitative estimate of drug-likeness (QED) is 0.347. The van der Waals surface area contributed by atoms with Crippen LogP contribution in [0.3, 0.4) is 0 Å². The topological polar surface area (TPSA) is 38.7 Å². The van der Waals surface area contributed by atoms with Crippen LogP contribution in [0.5, 0.6) is 0 Å². The molecule has 176 valence electrons.